The molecule has 2 aromatic carbocycles. The van der Waals surface area contributed by atoms with Crippen LogP contribution in [0.2, 0.25) is 0 Å². The monoisotopic (exact) mass is 432 g/mol. The van der Waals surface area contributed by atoms with Gasteiger partial charge in [-0.1, -0.05) is 42.5 Å². The number of piperidine rings is 1. The van der Waals surface area contributed by atoms with E-state index in [4.69, 9.17) is 0 Å². The summed E-state index contributed by atoms with van der Waals surface area (Å²) in [5, 5.41) is 3.49. The van der Waals surface area contributed by atoms with Gasteiger partial charge in [-0.2, -0.15) is 0 Å². The predicted molar refractivity (Wildman–Crippen MR) is 131 cm³/mol. The Labute approximate surface area is 192 Å². The third-order valence-corrected chi connectivity index (χ3v) is 8.04. The maximum Gasteiger partial charge on any atom is 0.318 e. The Balaban J connectivity index is 1.24. The molecule has 5 heteroatoms. The van der Waals surface area contributed by atoms with E-state index in [2.05, 4.69) is 88.5 Å². The lowest BCUT2D eigenvalue weighted by molar-refractivity contribution is 0.139. The Hall–Kier alpha value is -2.53. The van der Waals surface area contributed by atoms with Gasteiger partial charge in [0, 0.05) is 43.4 Å². The van der Waals surface area contributed by atoms with E-state index in [1.54, 1.807) is 0 Å². The second kappa shape index (κ2) is 8.78. The lowest BCUT2D eigenvalue weighted by Crippen LogP contribution is -2.61. The molecule has 2 atom stereocenters. The van der Waals surface area contributed by atoms with Crippen LogP contribution >= 0.6 is 0 Å². The van der Waals surface area contributed by atoms with E-state index in [1.165, 1.54) is 42.7 Å². The average molecular weight is 433 g/mol. The Morgan fingerprint density at radius 1 is 0.938 bits per heavy atom. The minimum atomic E-state index is -0.0802. The quantitative estimate of drug-likeness (QED) is 0.779. The van der Waals surface area contributed by atoms with Gasteiger partial charge < -0.3 is 20.0 Å². The Kier molecular flexibility index (Phi) is 5.85. The van der Waals surface area contributed by atoms with Crippen LogP contribution < -0.4 is 10.2 Å². The number of piperazine rings is 1. The maximum atomic E-state index is 13.3. The molecule has 0 saturated carbocycles. The van der Waals surface area contributed by atoms with E-state index >= 15 is 0 Å². The van der Waals surface area contributed by atoms with Crippen LogP contribution in [0.5, 0.6) is 0 Å². The lowest BCUT2D eigenvalue weighted by atomic mass is 9.79. The van der Waals surface area contributed by atoms with Crippen molar-refractivity contribution in [1.29, 1.82) is 0 Å². The number of urea groups is 1. The topological polar surface area (TPSA) is 38.8 Å². The molecule has 6 rings (SSSR count). The summed E-state index contributed by atoms with van der Waals surface area (Å²) < 4.78 is 0. The highest BCUT2D eigenvalue weighted by atomic mass is 16.2. The second-order valence-electron chi connectivity index (χ2n) is 10.1. The molecular weight excluding hydrogens is 396 g/mol. The number of rotatable bonds is 3. The van der Waals surface area contributed by atoms with Crippen molar-refractivity contribution < 1.29 is 4.79 Å². The molecule has 4 heterocycles. The largest absolute Gasteiger partial charge is 0.368 e. The van der Waals surface area contributed by atoms with Crippen LogP contribution in [0.1, 0.15) is 33.1 Å². The number of carbonyl (C=O) groups excluding carboxylic acids is 1. The Bertz CT molecular complexity index is 940. The molecule has 4 saturated heterocycles. The molecule has 0 aliphatic carbocycles. The molecule has 2 amide bonds. The van der Waals surface area contributed by atoms with Crippen LogP contribution in [0.3, 0.4) is 0 Å². The summed E-state index contributed by atoms with van der Waals surface area (Å²) in [4.78, 5) is 20.4. The van der Waals surface area contributed by atoms with Crippen LogP contribution in [0, 0.1) is 5.92 Å². The van der Waals surface area contributed by atoms with Crippen LogP contribution in [-0.2, 0) is 0 Å². The van der Waals surface area contributed by atoms with Crippen molar-refractivity contribution in [3.05, 3.63) is 54.6 Å². The maximum absolute atomic E-state index is 13.3. The van der Waals surface area contributed by atoms with Crippen molar-refractivity contribution in [2.24, 2.45) is 5.92 Å². The van der Waals surface area contributed by atoms with E-state index in [-0.39, 0.29) is 17.6 Å². The minimum absolute atomic E-state index is 0.0802. The van der Waals surface area contributed by atoms with E-state index in [0.29, 0.717) is 5.92 Å². The minimum Gasteiger partial charge on any atom is -0.368 e. The van der Waals surface area contributed by atoms with Gasteiger partial charge in [0.25, 0.3) is 0 Å². The fourth-order valence-corrected chi connectivity index (χ4v) is 5.88. The molecule has 1 N–H and O–H groups in total. The zero-order valence-electron chi connectivity index (χ0n) is 19.5. The van der Waals surface area contributed by atoms with Crippen molar-refractivity contribution in [3.63, 3.8) is 0 Å². The molecule has 2 unspecified atom stereocenters. The summed E-state index contributed by atoms with van der Waals surface area (Å²) >= 11 is 0. The normalized spacial score (nSPS) is 30.1. The van der Waals surface area contributed by atoms with Gasteiger partial charge in [-0.15, -0.1) is 0 Å². The molecule has 2 bridgehead atoms. The van der Waals surface area contributed by atoms with Crippen molar-refractivity contribution in [3.8, 4) is 11.1 Å². The molecule has 4 aliphatic rings. The van der Waals surface area contributed by atoms with Crippen LogP contribution in [0.4, 0.5) is 10.5 Å². The standard InChI is InChI=1S/C27H36N4O/c1-21-20-30(25-10-6-9-23(19-25)22-7-4-3-5-8-22)17-18-31(21)26(32)28-27(2)13-16-29-14-11-24(27)12-15-29/h3-10,19,21,24H,11-18,20H2,1-2H3,(H,28,32). The van der Waals surface area contributed by atoms with Gasteiger partial charge in [0.15, 0.2) is 0 Å². The number of nitrogens with zero attached hydrogens (tertiary/aromatic N) is 3. The highest BCUT2D eigenvalue weighted by molar-refractivity contribution is 5.76. The number of anilines is 1. The Morgan fingerprint density at radius 2 is 1.69 bits per heavy atom. The lowest BCUT2D eigenvalue weighted by Gasteiger charge is -2.44. The van der Waals surface area contributed by atoms with Crippen molar-refractivity contribution in [2.75, 3.05) is 44.2 Å². The second-order valence-corrected chi connectivity index (χ2v) is 10.1. The number of nitrogens with one attached hydrogen (secondary N) is 1. The number of fused-ring (bicyclic) bond motifs is 4. The van der Waals surface area contributed by atoms with E-state index in [1.807, 2.05) is 0 Å². The molecular formula is C27H36N4O. The number of amides is 2. The smallest absolute Gasteiger partial charge is 0.318 e. The van der Waals surface area contributed by atoms with E-state index in [9.17, 15) is 4.79 Å². The highest BCUT2D eigenvalue weighted by Gasteiger charge is 2.42. The fraction of sp³-hybridized carbons (Fsp3) is 0.519. The summed E-state index contributed by atoms with van der Waals surface area (Å²) in [7, 11) is 0. The van der Waals surface area contributed by atoms with Crippen molar-refractivity contribution in [1.82, 2.24) is 15.1 Å². The first kappa shape index (κ1) is 21.3. The van der Waals surface area contributed by atoms with Gasteiger partial charge in [-0.25, -0.2) is 4.79 Å². The third-order valence-electron chi connectivity index (χ3n) is 8.04. The van der Waals surface area contributed by atoms with E-state index < -0.39 is 0 Å². The fourth-order valence-electron chi connectivity index (χ4n) is 5.88. The van der Waals surface area contributed by atoms with Crippen molar-refractivity contribution in [2.45, 2.75) is 44.7 Å². The van der Waals surface area contributed by atoms with Gasteiger partial charge in [0.1, 0.15) is 0 Å². The SMILES string of the molecule is CC1CN(c2cccc(-c3ccccc3)c2)CCN1C(=O)NC1(C)CCN2CCC1CC2. The molecule has 4 fully saturated rings. The molecule has 4 aliphatic heterocycles. The highest BCUT2D eigenvalue weighted by Crippen LogP contribution is 2.35. The third kappa shape index (κ3) is 4.23. The van der Waals surface area contributed by atoms with Gasteiger partial charge in [0.05, 0.1) is 0 Å². The summed E-state index contributed by atoms with van der Waals surface area (Å²) in [6.45, 7) is 10.4. The first-order chi connectivity index (χ1) is 15.5. The zero-order valence-corrected chi connectivity index (χ0v) is 19.5. The molecule has 32 heavy (non-hydrogen) atoms. The molecule has 5 nitrogen and oxygen atoms in total. The van der Waals surface area contributed by atoms with Crippen LogP contribution in [0.15, 0.2) is 54.6 Å². The average Bonchev–Trinajstić information content (AvgIpc) is 3.08. The summed E-state index contributed by atoms with van der Waals surface area (Å²) in [5.74, 6) is 0.600. The Morgan fingerprint density at radius 3 is 2.44 bits per heavy atom. The number of hydrogen-bond donors (Lipinski definition) is 1. The zero-order chi connectivity index (χ0) is 22.1. The number of hydrogen-bond acceptors (Lipinski definition) is 3. The van der Waals surface area contributed by atoms with Crippen LogP contribution in [0.25, 0.3) is 11.1 Å². The number of carbonyl (C=O) groups is 1. The van der Waals surface area contributed by atoms with Gasteiger partial charge in [-0.05, 0) is 75.4 Å². The summed E-state index contributed by atoms with van der Waals surface area (Å²) in [6.07, 6.45) is 3.47. The summed E-state index contributed by atoms with van der Waals surface area (Å²) in [6, 6.07) is 19.6. The molecule has 0 spiro atoms. The molecule has 170 valence electrons. The first-order valence-electron chi connectivity index (χ1n) is 12.2. The van der Waals surface area contributed by atoms with Gasteiger partial charge >= 0.3 is 6.03 Å². The molecule has 0 radical (unpaired) electrons. The van der Waals surface area contributed by atoms with Gasteiger partial charge in [0.2, 0.25) is 0 Å². The number of benzene rings is 2. The van der Waals surface area contributed by atoms with Crippen molar-refractivity contribution >= 4 is 11.7 Å². The van der Waals surface area contributed by atoms with E-state index in [0.717, 1.165) is 32.6 Å². The van der Waals surface area contributed by atoms with Crippen LogP contribution in [-0.4, -0.2) is 66.7 Å². The van der Waals surface area contributed by atoms with Gasteiger partial charge in [-0.3, -0.25) is 0 Å². The summed E-state index contributed by atoms with van der Waals surface area (Å²) in [5.41, 5.74) is 3.63. The molecule has 2 aromatic rings. The molecule has 0 aromatic heterocycles. The predicted octanol–water partition coefficient (Wildman–Crippen LogP) is 4.45. The first-order valence-corrected chi connectivity index (χ1v) is 12.2.